The van der Waals surface area contributed by atoms with Crippen LogP contribution in [0.3, 0.4) is 0 Å². The van der Waals surface area contributed by atoms with E-state index in [0.717, 1.165) is 26.1 Å². The molecule has 1 aromatic carbocycles. The number of hydrogen-bond donors (Lipinski definition) is 2. The molecule has 1 rings (SSSR count). The van der Waals surface area contributed by atoms with Crippen molar-refractivity contribution in [2.75, 3.05) is 13.1 Å². The number of nitrogens with one attached hydrogen (secondary N) is 1. The van der Waals surface area contributed by atoms with Crippen LogP contribution in [0.25, 0.3) is 6.08 Å². The van der Waals surface area contributed by atoms with E-state index in [2.05, 4.69) is 36.2 Å². The van der Waals surface area contributed by atoms with Gasteiger partial charge in [0.25, 0.3) is 0 Å². The number of rotatable bonds is 8. The number of unbranched alkanes of at least 4 members (excludes halogenated alkanes) is 2. The van der Waals surface area contributed by atoms with Crippen molar-refractivity contribution >= 4 is 30.9 Å². The molecule has 0 saturated carbocycles. The van der Waals surface area contributed by atoms with Crippen molar-refractivity contribution in [3.63, 3.8) is 0 Å². The minimum Gasteiger partial charge on any atom is -0.330 e. The van der Waals surface area contributed by atoms with E-state index < -0.39 is 0 Å². The van der Waals surface area contributed by atoms with Crippen LogP contribution < -0.4 is 11.1 Å². The first-order valence-electron chi connectivity index (χ1n) is 5.99. The maximum absolute atomic E-state index is 5.43. The Morgan fingerprint density at radius 3 is 2.28 bits per heavy atom. The summed E-state index contributed by atoms with van der Waals surface area (Å²) in [5.74, 6) is 0. The van der Waals surface area contributed by atoms with Gasteiger partial charge in [-0.25, -0.2) is 0 Å². The van der Waals surface area contributed by atoms with Crippen LogP contribution >= 0.6 is 24.8 Å². The predicted octanol–water partition coefficient (Wildman–Crippen LogP) is 3.39. The van der Waals surface area contributed by atoms with Gasteiger partial charge in [-0.2, -0.15) is 0 Å². The zero-order valence-corrected chi connectivity index (χ0v) is 12.4. The van der Waals surface area contributed by atoms with Crippen LogP contribution in [0.1, 0.15) is 30.4 Å². The van der Waals surface area contributed by atoms with Crippen molar-refractivity contribution in [3.8, 4) is 0 Å². The number of halogens is 2. The summed E-state index contributed by atoms with van der Waals surface area (Å²) in [6, 6.07) is 8.48. The second kappa shape index (κ2) is 12.9. The number of benzene rings is 1. The molecule has 3 N–H and O–H groups in total. The Morgan fingerprint density at radius 1 is 1.06 bits per heavy atom. The predicted molar refractivity (Wildman–Crippen MR) is 85.6 cm³/mol. The Balaban J connectivity index is 0. The van der Waals surface area contributed by atoms with E-state index in [4.69, 9.17) is 5.73 Å². The molecule has 0 aromatic heterocycles. The molecule has 0 atom stereocenters. The maximum Gasteiger partial charge on any atom is 0.0205 e. The summed E-state index contributed by atoms with van der Waals surface area (Å²) >= 11 is 0. The van der Waals surface area contributed by atoms with Crippen molar-refractivity contribution in [1.82, 2.24) is 5.32 Å². The lowest BCUT2D eigenvalue weighted by atomic mass is 10.1. The molecule has 0 unspecified atom stereocenters. The van der Waals surface area contributed by atoms with Crippen LogP contribution in [0.15, 0.2) is 30.8 Å². The van der Waals surface area contributed by atoms with Crippen LogP contribution in [-0.2, 0) is 6.54 Å². The SMILES string of the molecule is C=Cc1ccc(CNCCCCCN)cc1.Cl.Cl. The lowest BCUT2D eigenvalue weighted by molar-refractivity contribution is 0.606. The van der Waals surface area contributed by atoms with Gasteiger partial charge in [-0.05, 0) is 37.1 Å². The molecule has 2 nitrogen and oxygen atoms in total. The maximum atomic E-state index is 5.43. The van der Waals surface area contributed by atoms with Crippen molar-refractivity contribution in [2.24, 2.45) is 5.73 Å². The molecular weight excluding hydrogens is 267 g/mol. The molecule has 4 heteroatoms. The van der Waals surface area contributed by atoms with E-state index in [1.54, 1.807) is 0 Å². The molecule has 0 heterocycles. The minimum absolute atomic E-state index is 0. The van der Waals surface area contributed by atoms with E-state index in [9.17, 15) is 0 Å². The van der Waals surface area contributed by atoms with Gasteiger partial charge in [0.2, 0.25) is 0 Å². The summed E-state index contributed by atoms with van der Waals surface area (Å²) in [5, 5.41) is 3.43. The molecule has 18 heavy (non-hydrogen) atoms. The lowest BCUT2D eigenvalue weighted by Crippen LogP contribution is -2.14. The van der Waals surface area contributed by atoms with Crippen LogP contribution in [-0.4, -0.2) is 13.1 Å². The topological polar surface area (TPSA) is 38.0 Å². The summed E-state index contributed by atoms with van der Waals surface area (Å²) < 4.78 is 0. The third-order valence-electron chi connectivity index (χ3n) is 2.60. The normalized spacial score (nSPS) is 9.17. The first kappa shape index (κ1) is 19.8. The zero-order valence-electron chi connectivity index (χ0n) is 10.7. The number of nitrogens with two attached hydrogens (primary N) is 1. The first-order chi connectivity index (χ1) is 7.86. The molecule has 104 valence electrons. The molecule has 0 aliphatic rings. The Labute approximate surface area is 123 Å². The smallest absolute Gasteiger partial charge is 0.0205 e. The fraction of sp³-hybridized carbons (Fsp3) is 0.429. The molecule has 0 aliphatic heterocycles. The highest BCUT2D eigenvalue weighted by molar-refractivity contribution is 5.85. The Kier molecular flexibility index (Phi) is 14.2. The van der Waals surface area contributed by atoms with Gasteiger partial charge in [0, 0.05) is 6.54 Å². The Hall–Kier alpha value is -0.540. The van der Waals surface area contributed by atoms with Crippen LogP contribution in [0.2, 0.25) is 0 Å². The van der Waals surface area contributed by atoms with E-state index in [1.807, 2.05) is 6.08 Å². The van der Waals surface area contributed by atoms with E-state index in [1.165, 1.54) is 24.0 Å². The van der Waals surface area contributed by atoms with Gasteiger partial charge < -0.3 is 11.1 Å². The highest BCUT2D eigenvalue weighted by Gasteiger charge is 1.92. The van der Waals surface area contributed by atoms with E-state index >= 15 is 0 Å². The third-order valence-corrected chi connectivity index (χ3v) is 2.60. The Bertz CT molecular complexity index is 299. The van der Waals surface area contributed by atoms with Gasteiger partial charge in [-0.3, -0.25) is 0 Å². The van der Waals surface area contributed by atoms with Crippen LogP contribution in [0.5, 0.6) is 0 Å². The van der Waals surface area contributed by atoms with E-state index in [0.29, 0.717) is 0 Å². The van der Waals surface area contributed by atoms with Gasteiger partial charge in [0.05, 0.1) is 0 Å². The van der Waals surface area contributed by atoms with Crippen molar-refractivity contribution in [2.45, 2.75) is 25.8 Å². The van der Waals surface area contributed by atoms with Crippen LogP contribution in [0.4, 0.5) is 0 Å². The average Bonchev–Trinajstić information content (AvgIpc) is 2.34. The summed E-state index contributed by atoms with van der Waals surface area (Å²) in [7, 11) is 0. The molecule has 0 radical (unpaired) electrons. The summed E-state index contributed by atoms with van der Waals surface area (Å²) in [6.07, 6.45) is 5.43. The van der Waals surface area contributed by atoms with Crippen molar-refractivity contribution < 1.29 is 0 Å². The van der Waals surface area contributed by atoms with Gasteiger partial charge in [0.15, 0.2) is 0 Å². The van der Waals surface area contributed by atoms with E-state index in [-0.39, 0.29) is 24.8 Å². The Morgan fingerprint density at radius 2 is 1.72 bits per heavy atom. The standard InChI is InChI=1S/C14H22N2.2ClH/c1-2-13-6-8-14(9-7-13)12-16-11-5-3-4-10-15;;/h2,6-9,16H,1,3-5,10-12,15H2;2*1H. The molecule has 0 saturated heterocycles. The summed E-state index contributed by atoms with van der Waals surface area (Å²) in [6.45, 7) is 6.56. The molecule has 0 fully saturated rings. The summed E-state index contributed by atoms with van der Waals surface area (Å²) in [5.41, 5.74) is 7.93. The fourth-order valence-corrected chi connectivity index (χ4v) is 1.58. The molecule has 1 aromatic rings. The molecular formula is C14H24Cl2N2. The van der Waals surface area contributed by atoms with Gasteiger partial charge in [0.1, 0.15) is 0 Å². The fourth-order valence-electron chi connectivity index (χ4n) is 1.58. The lowest BCUT2D eigenvalue weighted by Gasteiger charge is -2.05. The van der Waals surface area contributed by atoms with Gasteiger partial charge >= 0.3 is 0 Å². The highest BCUT2D eigenvalue weighted by atomic mass is 35.5. The molecule has 0 bridgehead atoms. The first-order valence-corrected chi connectivity index (χ1v) is 5.99. The highest BCUT2D eigenvalue weighted by Crippen LogP contribution is 2.05. The zero-order chi connectivity index (χ0) is 11.6. The largest absolute Gasteiger partial charge is 0.330 e. The van der Waals surface area contributed by atoms with Crippen molar-refractivity contribution in [1.29, 1.82) is 0 Å². The summed E-state index contributed by atoms with van der Waals surface area (Å²) in [4.78, 5) is 0. The number of hydrogen-bond acceptors (Lipinski definition) is 2. The molecule has 0 spiro atoms. The monoisotopic (exact) mass is 290 g/mol. The van der Waals surface area contributed by atoms with Crippen molar-refractivity contribution in [3.05, 3.63) is 42.0 Å². The average molecular weight is 291 g/mol. The van der Waals surface area contributed by atoms with Gasteiger partial charge in [-0.1, -0.05) is 43.3 Å². The minimum atomic E-state index is 0. The van der Waals surface area contributed by atoms with Gasteiger partial charge in [-0.15, -0.1) is 24.8 Å². The van der Waals surface area contributed by atoms with Crippen LogP contribution in [0, 0.1) is 0 Å². The second-order valence-corrected chi connectivity index (χ2v) is 3.97. The second-order valence-electron chi connectivity index (χ2n) is 3.97. The molecule has 0 amide bonds. The third kappa shape index (κ3) is 8.54. The molecule has 0 aliphatic carbocycles. The quantitative estimate of drug-likeness (QED) is 0.720.